The van der Waals surface area contributed by atoms with E-state index in [0.29, 0.717) is 29.0 Å². The Hall–Kier alpha value is -2.13. The van der Waals surface area contributed by atoms with Gasteiger partial charge in [-0.25, -0.2) is 14.8 Å². The molecular weight excluding hydrogens is 380 g/mol. The van der Waals surface area contributed by atoms with Gasteiger partial charge in [0.1, 0.15) is 0 Å². The van der Waals surface area contributed by atoms with Gasteiger partial charge in [0.15, 0.2) is 5.16 Å². The molecule has 2 aliphatic rings. The van der Waals surface area contributed by atoms with Crippen molar-refractivity contribution < 1.29 is 15.0 Å². The summed E-state index contributed by atoms with van der Waals surface area (Å²) in [6, 6.07) is 1.77. The smallest absolute Gasteiger partial charge is 0.407 e. The van der Waals surface area contributed by atoms with Gasteiger partial charge in [-0.05, 0) is 31.6 Å². The van der Waals surface area contributed by atoms with Crippen molar-refractivity contribution in [3.63, 3.8) is 0 Å². The number of thioether (sulfide) groups is 1. The van der Waals surface area contributed by atoms with Crippen LogP contribution in [-0.4, -0.2) is 60.7 Å². The third-order valence-corrected chi connectivity index (χ3v) is 6.98. The highest BCUT2D eigenvalue weighted by Gasteiger charge is 2.55. The lowest BCUT2D eigenvalue weighted by Gasteiger charge is -2.51. The predicted molar refractivity (Wildman–Crippen MR) is 106 cm³/mol. The van der Waals surface area contributed by atoms with E-state index in [-0.39, 0.29) is 18.6 Å². The SMILES string of the molecule is CSc1ncc2c(=O)n(CC3(O)CCN(C(=O)O)CC34CCCC4)ccc2n1. The number of fused-ring (bicyclic) bond motifs is 1. The number of nitrogens with zero attached hydrogens (tertiary/aromatic N) is 4. The second kappa shape index (κ2) is 7.04. The van der Waals surface area contributed by atoms with Crippen LogP contribution in [-0.2, 0) is 6.54 Å². The van der Waals surface area contributed by atoms with E-state index in [1.54, 1.807) is 12.3 Å². The monoisotopic (exact) mass is 404 g/mol. The van der Waals surface area contributed by atoms with Gasteiger partial charge in [0.2, 0.25) is 0 Å². The Kier molecular flexibility index (Phi) is 4.83. The van der Waals surface area contributed by atoms with Crippen molar-refractivity contribution in [2.75, 3.05) is 19.3 Å². The lowest BCUT2D eigenvalue weighted by molar-refractivity contribution is -0.137. The molecule has 4 rings (SSSR count). The number of amides is 1. The number of piperidine rings is 1. The summed E-state index contributed by atoms with van der Waals surface area (Å²) in [6.07, 6.45) is 7.95. The fourth-order valence-electron chi connectivity index (χ4n) is 4.82. The number of likely N-dealkylation sites (tertiary alicyclic amines) is 1. The summed E-state index contributed by atoms with van der Waals surface area (Å²) < 4.78 is 1.53. The maximum Gasteiger partial charge on any atom is 0.407 e. The van der Waals surface area contributed by atoms with E-state index in [1.165, 1.54) is 27.4 Å². The number of pyridine rings is 1. The van der Waals surface area contributed by atoms with Crippen LogP contribution in [0.4, 0.5) is 4.79 Å². The summed E-state index contributed by atoms with van der Waals surface area (Å²) in [4.78, 5) is 34.4. The number of carbonyl (C=O) groups is 1. The predicted octanol–water partition coefficient (Wildman–Crippen LogP) is 2.19. The molecule has 0 bridgehead atoms. The minimum absolute atomic E-state index is 0.152. The molecule has 0 aromatic carbocycles. The maximum atomic E-state index is 13.0. The van der Waals surface area contributed by atoms with Crippen LogP contribution in [0.1, 0.15) is 32.1 Å². The van der Waals surface area contributed by atoms with Crippen LogP contribution in [0, 0.1) is 5.41 Å². The quantitative estimate of drug-likeness (QED) is 0.596. The van der Waals surface area contributed by atoms with Gasteiger partial charge >= 0.3 is 6.09 Å². The van der Waals surface area contributed by atoms with Crippen molar-refractivity contribution in [2.24, 2.45) is 5.41 Å². The Morgan fingerprint density at radius 3 is 2.75 bits per heavy atom. The maximum absolute atomic E-state index is 13.0. The molecule has 28 heavy (non-hydrogen) atoms. The minimum Gasteiger partial charge on any atom is -0.465 e. The molecule has 2 fully saturated rings. The molecule has 8 nitrogen and oxygen atoms in total. The first-order valence-electron chi connectivity index (χ1n) is 9.48. The zero-order valence-electron chi connectivity index (χ0n) is 15.8. The number of aliphatic hydroxyl groups is 1. The van der Waals surface area contributed by atoms with Crippen molar-refractivity contribution in [1.82, 2.24) is 19.4 Å². The fourth-order valence-corrected chi connectivity index (χ4v) is 5.17. The second-order valence-corrected chi connectivity index (χ2v) is 8.65. The summed E-state index contributed by atoms with van der Waals surface area (Å²) in [5.74, 6) is 0. The van der Waals surface area contributed by atoms with Crippen LogP contribution in [0.25, 0.3) is 10.9 Å². The van der Waals surface area contributed by atoms with Gasteiger partial charge in [-0.3, -0.25) is 4.79 Å². The summed E-state index contributed by atoms with van der Waals surface area (Å²) in [5, 5.41) is 22.1. The minimum atomic E-state index is -1.12. The average molecular weight is 404 g/mol. The zero-order chi connectivity index (χ0) is 19.9. The first-order valence-corrected chi connectivity index (χ1v) is 10.7. The highest BCUT2D eigenvalue weighted by Crippen LogP contribution is 2.51. The average Bonchev–Trinajstić information content (AvgIpc) is 3.16. The van der Waals surface area contributed by atoms with Crippen LogP contribution in [0.15, 0.2) is 28.4 Å². The molecule has 1 atom stereocenters. The zero-order valence-corrected chi connectivity index (χ0v) is 16.6. The molecule has 2 aromatic rings. The first-order chi connectivity index (χ1) is 13.4. The van der Waals surface area contributed by atoms with Crippen LogP contribution in [0.5, 0.6) is 0 Å². The molecule has 1 unspecified atom stereocenters. The number of carboxylic acid groups (broad SMARTS) is 1. The molecule has 1 amide bonds. The summed E-state index contributed by atoms with van der Waals surface area (Å²) >= 11 is 1.41. The number of hydrogen-bond acceptors (Lipinski definition) is 6. The van der Waals surface area contributed by atoms with Crippen molar-refractivity contribution in [3.05, 3.63) is 28.8 Å². The van der Waals surface area contributed by atoms with Crippen LogP contribution >= 0.6 is 11.8 Å². The van der Waals surface area contributed by atoms with Crippen molar-refractivity contribution >= 4 is 28.8 Å². The normalized spacial score (nSPS) is 24.1. The van der Waals surface area contributed by atoms with E-state index in [1.807, 2.05) is 6.26 Å². The molecule has 1 aliphatic carbocycles. The molecule has 9 heteroatoms. The molecule has 1 saturated carbocycles. The van der Waals surface area contributed by atoms with Crippen molar-refractivity contribution in [1.29, 1.82) is 0 Å². The molecule has 2 aromatic heterocycles. The third-order valence-electron chi connectivity index (χ3n) is 6.42. The standard InChI is InChI=1S/C19H24N4O4S/c1-28-16-20-10-13-14(21-16)4-8-22(15(13)24)12-19(27)7-9-23(17(25)26)11-18(19)5-2-3-6-18/h4,8,10,27H,2-3,5-7,9,11-12H2,1H3,(H,25,26). The van der Waals surface area contributed by atoms with Crippen molar-refractivity contribution in [2.45, 2.75) is 49.4 Å². The van der Waals surface area contributed by atoms with E-state index < -0.39 is 17.1 Å². The largest absolute Gasteiger partial charge is 0.465 e. The Labute approximate surface area is 166 Å². The fraction of sp³-hybridized carbons (Fsp3) is 0.579. The molecule has 3 heterocycles. The number of aromatic nitrogens is 3. The Balaban J connectivity index is 1.70. The highest BCUT2D eigenvalue weighted by molar-refractivity contribution is 7.98. The van der Waals surface area contributed by atoms with Crippen molar-refractivity contribution in [3.8, 4) is 0 Å². The molecule has 1 spiro atoms. The van der Waals surface area contributed by atoms with E-state index >= 15 is 0 Å². The summed E-state index contributed by atoms with van der Waals surface area (Å²) in [5.41, 5.74) is -1.26. The van der Waals surface area contributed by atoms with Crippen LogP contribution < -0.4 is 5.56 Å². The van der Waals surface area contributed by atoms with Gasteiger partial charge < -0.3 is 19.7 Å². The second-order valence-electron chi connectivity index (χ2n) is 7.88. The van der Waals surface area contributed by atoms with E-state index in [0.717, 1.165) is 25.7 Å². The van der Waals surface area contributed by atoms with Gasteiger partial charge in [0.05, 0.1) is 23.0 Å². The Morgan fingerprint density at radius 1 is 1.32 bits per heavy atom. The third kappa shape index (κ3) is 3.06. The number of rotatable bonds is 3. The lowest BCUT2D eigenvalue weighted by Crippen LogP contribution is -2.62. The van der Waals surface area contributed by atoms with Gasteiger partial charge in [-0.15, -0.1) is 0 Å². The molecule has 1 aliphatic heterocycles. The topological polar surface area (TPSA) is 109 Å². The number of hydrogen-bond donors (Lipinski definition) is 2. The highest BCUT2D eigenvalue weighted by atomic mass is 32.2. The first kappa shape index (κ1) is 19.2. The molecule has 0 radical (unpaired) electrons. The van der Waals surface area contributed by atoms with E-state index in [9.17, 15) is 19.8 Å². The Morgan fingerprint density at radius 2 is 2.07 bits per heavy atom. The van der Waals surface area contributed by atoms with Gasteiger partial charge in [-0.2, -0.15) is 0 Å². The van der Waals surface area contributed by atoms with E-state index in [2.05, 4.69) is 9.97 Å². The van der Waals surface area contributed by atoms with Gasteiger partial charge in [0.25, 0.3) is 5.56 Å². The Bertz CT molecular complexity index is 972. The summed E-state index contributed by atoms with van der Waals surface area (Å²) in [7, 11) is 0. The molecule has 2 N–H and O–H groups in total. The van der Waals surface area contributed by atoms with Crippen LogP contribution in [0.3, 0.4) is 0 Å². The molecular formula is C19H24N4O4S. The molecule has 150 valence electrons. The van der Waals surface area contributed by atoms with E-state index in [4.69, 9.17) is 0 Å². The summed E-state index contributed by atoms with van der Waals surface area (Å²) in [6.45, 7) is 0.747. The van der Waals surface area contributed by atoms with Gasteiger partial charge in [-0.1, -0.05) is 24.6 Å². The van der Waals surface area contributed by atoms with Gasteiger partial charge in [0, 0.05) is 30.9 Å². The van der Waals surface area contributed by atoms with Crippen LogP contribution in [0.2, 0.25) is 0 Å². The molecule has 1 saturated heterocycles. The lowest BCUT2D eigenvalue weighted by atomic mass is 9.66.